The van der Waals surface area contributed by atoms with Gasteiger partial charge in [0.05, 0.1) is 15.5 Å². The van der Waals surface area contributed by atoms with Gasteiger partial charge in [-0.15, -0.1) is 0 Å². The molecule has 1 fully saturated rings. The summed E-state index contributed by atoms with van der Waals surface area (Å²) in [6, 6.07) is 14.8. The monoisotopic (exact) mass is 352 g/mol. The van der Waals surface area contributed by atoms with Gasteiger partial charge in [0.15, 0.2) is 0 Å². The van der Waals surface area contributed by atoms with Crippen molar-refractivity contribution in [2.24, 2.45) is 0 Å². The molecule has 0 bridgehead atoms. The van der Waals surface area contributed by atoms with Crippen LogP contribution in [0.1, 0.15) is 5.56 Å². The minimum Gasteiger partial charge on any atom is -0.268 e. The van der Waals surface area contributed by atoms with Gasteiger partial charge >= 0.3 is 0 Å². The van der Waals surface area contributed by atoms with Crippen LogP contribution in [0.2, 0.25) is 0 Å². The van der Waals surface area contributed by atoms with Crippen molar-refractivity contribution in [1.82, 2.24) is 0 Å². The molecule has 124 valence electrons. The zero-order chi connectivity index (χ0) is 17.8. The fourth-order valence-corrected chi connectivity index (χ4v) is 3.03. The highest BCUT2D eigenvalue weighted by molar-refractivity contribution is 8.18. The molecular formula is C18H12N2O4S. The van der Waals surface area contributed by atoms with Crippen LogP contribution in [0.15, 0.2) is 71.7 Å². The molecule has 3 rings (SSSR count). The van der Waals surface area contributed by atoms with Crippen LogP contribution in [0.25, 0.3) is 6.08 Å². The molecule has 7 heteroatoms. The Balaban J connectivity index is 1.75. The van der Waals surface area contributed by atoms with Gasteiger partial charge < -0.3 is 0 Å². The molecular weight excluding hydrogens is 340 g/mol. The van der Waals surface area contributed by atoms with E-state index in [1.54, 1.807) is 54.6 Å². The fourth-order valence-electron chi connectivity index (χ4n) is 2.24. The molecule has 2 aromatic carbocycles. The summed E-state index contributed by atoms with van der Waals surface area (Å²) in [5, 5.41) is 10.3. The summed E-state index contributed by atoms with van der Waals surface area (Å²) in [7, 11) is 0. The average Bonchev–Trinajstić information content (AvgIpc) is 2.90. The first-order chi connectivity index (χ1) is 12.1. The van der Waals surface area contributed by atoms with Gasteiger partial charge in [0.25, 0.3) is 16.8 Å². The predicted octanol–water partition coefficient (Wildman–Crippen LogP) is 4.39. The summed E-state index contributed by atoms with van der Waals surface area (Å²) in [6.07, 6.45) is 4.92. The second kappa shape index (κ2) is 7.14. The zero-order valence-corrected chi connectivity index (χ0v) is 13.7. The van der Waals surface area contributed by atoms with Gasteiger partial charge in [0.1, 0.15) is 0 Å². The lowest BCUT2D eigenvalue weighted by Crippen LogP contribution is -2.27. The normalized spacial score (nSPS) is 16.2. The van der Waals surface area contributed by atoms with Crippen LogP contribution in [0.4, 0.5) is 16.2 Å². The van der Waals surface area contributed by atoms with E-state index in [2.05, 4.69) is 0 Å². The summed E-state index contributed by atoms with van der Waals surface area (Å²) >= 11 is 0.876. The van der Waals surface area contributed by atoms with Gasteiger partial charge in [-0.3, -0.25) is 19.7 Å². The summed E-state index contributed by atoms with van der Waals surface area (Å²) in [5.41, 5.74) is 1.30. The Labute approximate surface area is 147 Å². The molecule has 0 aromatic heterocycles. The number of imide groups is 1. The van der Waals surface area contributed by atoms with Crippen LogP contribution >= 0.6 is 11.8 Å². The molecule has 0 atom stereocenters. The largest absolute Gasteiger partial charge is 0.298 e. The molecule has 0 saturated carbocycles. The Hall–Kier alpha value is -3.19. The molecule has 6 nitrogen and oxygen atoms in total. The van der Waals surface area contributed by atoms with Gasteiger partial charge in [0, 0.05) is 12.1 Å². The highest BCUT2D eigenvalue weighted by Gasteiger charge is 2.35. The smallest absolute Gasteiger partial charge is 0.268 e. The van der Waals surface area contributed by atoms with Crippen molar-refractivity contribution in [3.63, 3.8) is 0 Å². The molecule has 2 aromatic rings. The molecule has 0 N–H and O–H groups in total. The van der Waals surface area contributed by atoms with Gasteiger partial charge in [-0.2, -0.15) is 0 Å². The molecule has 25 heavy (non-hydrogen) atoms. The number of allylic oxidation sites excluding steroid dienone is 2. The number of carbonyl (C=O) groups is 2. The molecule has 0 unspecified atom stereocenters. The molecule has 1 aliphatic rings. The second-order valence-corrected chi connectivity index (χ2v) is 6.08. The number of rotatable bonds is 4. The first-order valence-electron chi connectivity index (χ1n) is 7.30. The third-order valence-electron chi connectivity index (χ3n) is 3.45. The van der Waals surface area contributed by atoms with E-state index < -0.39 is 4.92 Å². The summed E-state index contributed by atoms with van der Waals surface area (Å²) in [5.74, 6) is -0.366. The number of benzene rings is 2. The highest BCUT2D eigenvalue weighted by Crippen LogP contribution is 2.34. The lowest BCUT2D eigenvalue weighted by Gasteiger charge is -2.11. The number of anilines is 1. The zero-order valence-electron chi connectivity index (χ0n) is 12.9. The number of hydrogen-bond donors (Lipinski definition) is 0. The van der Waals surface area contributed by atoms with E-state index in [-0.39, 0.29) is 16.8 Å². The van der Waals surface area contributed by atoms with Crippen LogP contribution in [0.3, 0.4) is 0 Å². The number of nitro groups is 1. The van der Waals surface area contributed by atoms with Crippen LogP contribution in [0.5, 0.6) is 0 Å². The minimum atomic E-state index is -0.465. The summed E-state index contributed by atoms with van der Waals surface area (Å²) in [4.78, 5) is 36.1. The third kappa shape index (κ3) is 3.67. The SMILES string of the molecule is O=C1S/C(=C\C=C/c2ccc([N+](=O)[O-])cc2)C(=O)N1c1ccccc1. The first-order valence-corrected chi connectivity index (χ1v) is 8.12. The summed E-state index contributed by atoms with van der Waals surface area (Å²) in [6.45, 7) is 0. The molecule has 1 heterocycles. The molecule has 0 aliphatic carbocycles. The number of hydrogen-bond acceptors (Lipinski definition) is 5. The van der Waals surface area contributed by atoms with Crippen molar-refractivity contribution in [3.8, 4) is 0 Å². The van der Waals surface area contributed by atoms with Crippen molar-refractivity contribution in [1.29, 1.82) is 0 Å². The van der Waals surface area contributed by atoms with Crippen molar-refractivity contribution < 1.29 is 14.5 Å². The van der Waals surface area contributed by atoms with Crippen LogP contribution < -0.4 is 4.90 Å². The van der Waals surface area contributed by atoms with Crippen molar-refractivity contribution in [2.45, 2.75) is 0 Å². The van der Waals surface area contributed by atoms with Crippen molar-refractivity contribution >= 4 is 40.4 Å². The van der Waals surface area contributed by atoms with E-state index in [1.807, 2.05) is 6.07 Å². The van der Waals surface area contributed by atoms with E-state index in [0.717, 1.165) is 22.2 Å². The Kier molecular flexibility index (Phi) is 4.76. The molecule has 0 radical (unpaired) electrons. The van der Waals surface area contributed by atoms with Crippen LogP contribution in [-0.4, -0.2) is 16.1 Å². The maximum absolute atomic E-state index is 12.4. The number of nitro benzene ring substituents is 1. The lowest BCUT2D eigenvalue weighted by atomic mass is 10.2. The maximum atomic E-state index is 12.4. The van der Waals surface area contributed by atoms with E-state index >= 15 is 0 Å². The fraction of sp³-hybridized carbons (Fsp3) is 0. The Bertz CT molecular complexity index is 889. The van der Waals surface area contributed by atoms with Gasteiger partial charge in [-0.05, 0) is 47.7 Å². The van der Waals surface area contributed by atoms with Crippen LogP contribution in [-0.2, 0) is 4.79 Å². The average molecular weight is 352 g/mol. The van der Waals surface area contributed by atoms with E-state index in [4.69, 9.17) is 0 Å². The quantitative estimate of drug-likeness (QED) is 0.463. The number of carbonyl (C=O) groups excluding carboxylic acids is 2. The number of nitrogens with zero attached hydrogens (tertiary/aromatic N) is 2. The van der Waals surface area contributed by atoms with E-state index in [1.165, 1.54) is 12.1 Å². The molecule has 0 spiro atoms. The lowest BCUT2D eigenvalue weighted by molar-refractivity contribution is -0.384. The topological polar surface area (TPSA) is 80.5 Å². The van der Waals surface area contributed by atoms with E-state index in [9.17, 15) is 19.7 Å². The highest BCUT2D eigenvalue weighted by atomic mass is 32.2. The van der Waals surface area contributed by atoms with Crippen molar-refractivity contribution in [2.75, 3.05) is 4.90 Å². The number of para-hydroxylation sites is 1. The Morgan fingerprint density at radius 1 is 1.00 bits per heavy atom. The van der Waals surface area contributed by atoms with Gasteiger partial charge in [0.2, 0.25) is 0 Å². The number of amides is 2. The number of thioether (sulfide) groups is 1. The maximum Gasteiger partial charge on any atom is 0.298 e. The first kappa shape index (κ1) is 16.7. The minimum absolute atomic E-state index is 0.0149. The second-order valence-electron chi connectivity index (χ2n) is 5.08. The standard InChI is InChI=1S/C18H12N2O4S/c21-17-16(25-18(22)19(17)14-6-2-1-3-7-14)8-4-5-13-9-11-15(12-10-13)20(23)24/h1-12H/b5-4-,16-8-. The van der Waals surface area contributed by atoms with E-state index in [0.29, 0.717) is 10.6 Å². The van der Waals surface area contributed by atoms with Gasteiger partial charge in [-0.1, -0.05) is 30.4 Å². The molecule has 1 saturated heterocycles. The van der Waals surface area contributed by atoms with Crippen molar-refractivity contribution in [3.05, 3.63) is 87.3 Å². The molecule has 1 aliphatic heterocycles. The Morgan fingerprint density at radius 3 is 2.32 bits per heavy atom. The third-order valence-corrected chi connectivity index (χ3v) is 4.34. The number of non-ortho nitro benzene ring substituents is 1. The Morgan fingerprint density at radius 2 is 1.68 bits per heavy atom. The van der Waals surface area contributed by atoms with Crippen LogP contribution in [0, 0.1) is 10.1 Å². The molecule has 2 amide bonds. The predicted molar refractivity (Wildman–Crippen MR) is 97.1 cm³/mol. The van der Waals surface area contributed by atoms with Gasteiger partial charge in [-0.25, -0.2) is 4.90 Å². The summed E-state index contributed by atoms with van der Waals surface area (Å²) < 4.78 is 0.